The number of hydrogen-bond donors (Lipinski definition) is 0. The molecule has 0 unspecified atom stereocenters. The Labute approximate surface area is 99.9 Å². The van der Waals surface area contributed by atoms with Crippen molar-refractivity contribution >= 4 is 11.3 Å². The fraction of sp³-hybridized carbons (Fsp3) is 0.308. The highest BCUT2D eigenvalue weighted by Crippen LogP contribution is 2.33. The van der Waals surface area contributed by atoms with E-state index in [9.17, 15) is 0 Å². The van der Waals surface area contributed by atoms with E-state index in [0.717, 1.165) is 17.0 Å². The van der Waals surface area contributed by atoms with Gasteiger partial charge in [-0.05, 0) is 38.0 Å². The Bertz CT molecular complexity index is 477. The minimum absolute atomic E-state index is 0.682. The van der Waals surface area contributed by atoms with Crippen molar-refractivity contribution in [3.8, 4) is 17.0 Å². The molecule has 1 aromatic carbocycles. The molecule has 0 aliphatic carbocycles. The van der Waals surface area contributed by atoms with E-state index < -0.39 is 0 Å². The Hall–Kier alpha value is -1.35. The number of ether oxygens (including phenoxy) is 1. The molecule has 84 valence electrons. The average Bonchev–Trinajstić information content (AvgIpc) is 2.75. The highest BCUT2D eigenvalue weighted by atomic mass is 32.1. The third-order valence-electron chi connectivity index (χ3n) is 2.42. The number of benzene rings is 1. The van der Waals surface area contributed by atoms with Crippen LogP contribution in [-0.4, -0.2) is 11.6 Å². The molecule has 1 aromatic heterocycles. The first-order chi connectivity index (χ1) is 7.72. The van der Waals surface area contributed by atoms with Crippen LogP contribution in [0.3, 0.4) is 0 Å². The van der Waals surface area contributed by atoms with Crippen LogP contribution in [0.5, 0.6) is 5.75 Å². The molecule has 0 radical (unpaired) electrons. The van der Waals surface area contributed by atoms with Gasteiger partial charge in [0.15, 0.2) is 0 Å². The van der Waals surface area contributed by atoms with Gasteiger partial charge in [-0.25, -0.2) is 4.98 Å². The van der Waals surface area contributed by atoms with Crippen LogP contribution in [-0.2, 0) is 0 Å². The van der Waals surface area contributed by atoms with E-state index in [1.165, 1.54) is 11.1 Å². The second kappa shape index (κ2) is 4.66. The molecule has 0 saturated carbocycles. The molecule has 3 heteroatoms. The average molecular weight is 233 g/mol. The van der Waals surface area contributed by atoms with Gasteiger partial charge in [-0.15, -0.1) is 11.3 Å². The molecular formula is C13H15NOS. The molecule has 0 aliphatic heterocycles. The lowest BCUT2D eigenvalue weighted by atomic mass is 10.0. The molecule has 0 N–H and O–H groups in total. The number of aryl methyl sites for hydroxylation is 2. The predicted octanol–water partition coefficient (Wildman–Crippen LogP) is 3.83. The second-order valence-corrected chi connectivity index (χ2v) is 4.48. The van der Waals surface area contributed by atoms with Gasteiger partial charge >= 0.3 is 0 Å². The van der Waals surface area contributed by atoms with Crippen molar-refractivity contribution in [3.05, 3.63) is 34.2 Å². The van der Waals surface area contributed by atoms with Crippen molar-refractivity contribution in [1.29, 1.82) is 0 Å². The number of hydrogen-bond acceptors (Lipinski definition) is 3. The topological polar surface area (TPSA) is 22.1 Å². The standard InChI is InChI=1S/C13H15NOS/c1-4-15-13-10(3)5-9(2)6-11(13)12-7-16-8-14-12/h5-8H,4H2,1-3H3. The summed E-state index contributed by atoms with van der Waals surface area (Å²) in [4.78, 5) is 4.35. The Morgan fingerprint density at radius 3 is 2.75 bits per heavy atom. The van der Waals surface area contributed by atoms with E-state index in [2.05, 4.69) is 36.3 Å². The second-order valence-electron chi connectivity index (χ2n) is 3.77. The summed E-state index contributed by atoms with van der Waals surface area (Å²) in [6.07, 6.45) is 0. The van der Waals surface area contributed by atoms with Gasteiger partial charge < -0.3 is 4.74 Å². The Morgan fingerprint density at radius 2 is 2.12 bits per heavy atom. The maximum atomic E-state index is 5.71. The van der Waals surface area contributed by atoms with Crippen LogP contribution >= 0.6 is 11.3 Å². The van der Waals surface area contributed by atoms with Gasteiger partial charge in [-0.1, -0.05) is 6.07 Å². The maximum Gasteiger partial charge on any atom is 0.131 e. The van der Waals surface area contributed by atoms with E-state index in [-0.39, 0.29) is 0 Å². The lowest BCUT2D eigenvalue weighted by Crippen LogP contribution is -1.97. The van der Waals surface area contributed by atoms with Gasteiger partial charge in [-0.2, -0.15) is 0 Å². The van der Waals surface area contributed by atoms with Crippen LogP contribution in [0.15, 0.2) is 23.0 Å². The Kier molecular flexibility index (Phi) is 3.25. The SMILES string of the molecule is CCOc1c(C)cc(C)cc1-c1cscn1. The molecule has 2 aromatic rings. The van der Waals surface area contributed by atoms with Gasteiger partial charge in [0, 0.05) is 10.9 Å². The van der Waals surface area contributed by atoms with E-state index in [1.807, 2.05) is 12.4 Å². The number of thiazole rings is 1. The summed E-state index contributed by atoms with van der Waals surface area (Å²) in [7, 11) is 0. The van der Waals surface area contributed by atoms with Gasteiger partial charge in [0.2, 0.25) is 0 Å². The molecule has 0 atom stereocenters. The zero-order valence-electron chi connectivity index (χ0n) is 9.78. The summed E-state index contributed by atoms with van der Waals surface area (Å²) in [6.45, 7) is 6.86. The summed E-state index contributed by atoms with van der Waals surface area (Å²) in [5.41, 5.74) is 6.36. The van der Waals surface area contributed by atoms with Crippen molar-refractivity contribution in [2.24, 2.45) is 0 Å². The van der Waals surface area contributed by atoms with Gasteiger partial charge in [0.05, 0.1) is 17.8 Å². The third-order valence-corrected chi connectivity index (χ3v) is 3.00. The molecule has 0 fully saturated rings. The molecule has 0 saturated heterocycles. The first-order valence-corrected chi connectivity index (χ1v) is 6.29. The molecule has 0 spiro atoms. The lowest BCUT2D eigenvalue weighted by Gasteiger charge is -2.12. The van der Waals surface area contributed by atoms with Crippen molar-refractivity contribution in [3.63, 3.8) is 0 Å². The first-order valence-electron chi connectivity index (χ1n) is 5.35. The maximum absolute atomic E-state index is 5.71. The quantitative estimate of drug-likeness (QED) is 0.804. The van der Waals surface area contributed by atoms with E-state index >= 15 is 0 Å². The Balaban J connectivity index is 2.57. The van der Waals surface area contributed by atoms with Crippen LogP contribution in [0.25, 0.3) is 11.3 Å². The molecule has 0 bridgehead atoms. The van der Waals surface area contributed by atoms with E-state index in [0.29, 0.717) is 6.61 Å². The van der Waals surface area contributed by atoms with Crippen molar-refractivity contribution < 1.29 is 4.74 Å². The van der Waals surface area contributed by atoms with Crippen LogP contribution < -0.4 is 4.74 Å². The van der Waals surface area contributed by atoms with Crippen molar-refractivity contribution in [1.82, 2.24) is 4.98 Å². The number of rotatable bonds is 3. The minimum Gasteiger partial charge on any atom is -0.493 e. The molecule has 0 amide bonds. The fourth-order valence-electron chi connectivity index (χ4n) is 1.83. The van der Waals surface area contributed by atoms with E-state index in [1.54, 1.807) is 11.3 Å². The largest absolute Gasteiger partial charge is 0.493 e. The molecule has 1 heterocycles. The van der Waals surface area contributed by atoms with Gasteiger partial charge in [-0.3, -0.25) is 0 Å². The molecule has 0 aliphatic rings. The minimum atomic E-state index is 0.682. The summed E-state index contributed by atoms with van der Waals surface area (Å²) in [5.74, 6) is 0.957. The highest BCUT2D eigenvalue weighted by molar-refractivity contribution is 7.07. The Morgan fingerprint density at radius 1 is 1.31 bits per heavy atom. The zero-order chi connectivity index (χ0) is 11.5. The van der Waals surface area contributed by atoms with Crippen molar-refractivity contribution in [2.75, 3.05) is 6.61 Å². The number of aromatic nitrogens is 1. The molecule has 16 heavy (non-hydrogen) atoms. The summed E-state index contributed by atoms with van der Waals surface area (Å²) in [6, 6.07) is 4.27. The van der Waals surface area contributed by atoms with Crippen LogP contribution in [0.1, 0.15) is 18.1 Å². The smallest absolute Gasteiger partial charge is 0.131 e. The molecular weight excluding hydrogens is 218 g/mol. The van der Waals surface area contributed by atoms with E-state index in [4.69, 9.17) is 4.74 Å². The van der Waals surface area contributed by atoms with Crippen LogP contribution in [0.2, 0.25) is 0 Å². The van der Waals surface area contributed by atoms with Gasteiger partial charge in [0.25, 0.3) is 0 Å². The first kappa shape index (κ1) is 11.1. The monoisotopic (exact) mass is 233 g/mol. The molecule has 2 nitrogen and oxygen atoms in total. The summed E-state index contributed by atoms with van der Waals surface area (Å²) < 4.78 is 5.71. The summed E-state index contributed by atoms with van der Waals surface area (Å²) in [5, 5.41) is 2.05. The summed E-state index contributed by atoms with van der Waals surface area (Å²) >= 11 is 1.61. The predicted molar refractivity (Wildman–Crippen MR) is 68.2 cm³/mol. The van der Waals surface area contributed by atoms with Crippen molar-refractivity contribution in [2.45, 2.75) is 20.8 Å². The number of nitrogens with zero attached hydrogens (tertiary/aromatic N) is 1. The lowest BCUT2D eigenvalue weighted by molar-refractivity contribution is 0.339. The molecule has 2 rings (SSSR count). The normalized spacial score (nSPS) is 10.4. The third kappa shape index (κ3) is 2.09. The fourth-order valence-corrected chi connectivity index (χ4v) is 2.38. The van der Waals surface area contributed by atoms with Crippen LogP contribution in [0, 0.1) is 13.8 Å². The van der Waals surface area contributed by atoms with Gasteiger partial charge in [0.1, 0.15) is 5.75 Å². The zero-order valence-corrected chi connectivity index (χ0v) is 10.6. The van der Waals surface area contributed by atoms with Crippen LogP contribution in [0.4, 0.5) is 0 Å². The highest BCUT2D eigenvalue weighted by Gasteiger charge is 2.11.